The standard InChI is InChI=1S/C25H28F3NO/c26-25(27,28)22-13-11-19(12-14-22)9-10-20-6-4-17-29(18-20)23(30)24(15-5-16-24)21-7-2-1-3-8-21/h1-3,7-8,11-14,20H,4-6,9-10,15-18H2. The molecular weight excluding hydrogens is 387 g/mol. The molecule has 1 unspecified atom stereocenters. The Bertz CT molecular complexity index is 856. The van der Waals surface area contributed by atoms with E-state index in [2.05, 4.69) is 12.1 Å². The highest BCUT2D eigenvalue weighted by molar-refractivity contribution is 5.89. The van der Waals surface area contributed by atoms with E-state index in [0.717, 1.165) is 81.3 Å². The van der Waals surface area contributed by atoms with Crippen LogP contribution in [0.1, 0.15) is 55.2 Å². The largest absolute Gasteiger partial charge is 0.416 e. The number of nitrogens with zero attached hydrogens (tertiary/aromatic N) is 1. The highest BCUT2D eigenvalue weighted by Gasteiger charge is 2.48. The molecule has 1 aliphatic carbocycles. The summed E-state index contributed by atoms with van der Waals surface area (Å²) in [7, 11) is 0. The smallest absolute Gasteiger partial charge is 0.342 e. The van der Waals surface area contributed by atoms with Crippen molar-refractivity contribution in [3.63, 3.8) is 0 Å². The maximum absolute atomic E-state index is 13.5. The molecule has 2 fully saturated rings. The fourth-order valence-electron chi connectivity index (χ4n) is 4.93. The molecule has 1 saturated heterocycles. The van der Waals surface area contributed by atoms with E-state index in [0.29, 0.717) is 5.92 Å². The quantitative estimate of drug-likeness (QED) is 0.587. The van der Waals surface area contributed by atoms with Gasteiger partial charge in [0.1, 0.15) is 0 Å². The minimum Gasteiger partial charge on any atom is -0.342 e. The monoisotopic (exact) mass is 415 g/mol. The van der Waals surface area contributed by atoms with Gasteiger partial charge in [0.15, 0.2) is 0 Å². The van der Waals surface area contributed by atoms with Gasteiger partial charge in [-0.15, -0.1) is 0 Å². The topological polar surface area (TPSA) is 20.3 Å². The Morgan fingerprint density at radius 1 is 1.00 bits per heavy atom. The van der Waals surface area contributed by atoms with E-state index in [-0.39, 0.29) is 11.3 Å². The third-order valence-corrected chi connectivity index (χ3v) is 6.87. The van der Waals surface area contributed by atoms with E-state index in [4.69, 9.17) is 0 Å². The van der Waals surface area contributed by atoms with E-state index in [9.17, 15) is 18.0 Å². The van der Waals surface area contributed by atoms with Crippen LogP contribution in [-0.4, -0.2) is 23.9 Å². The van der Waals surface area contributed by atoms with Gasteiger partial charge in [-0.3, -0.25) is 4.79 Å². The fraction of sp³-hybridized carbons (Fsp3) is 0.480. The summed E-state index contributed by atoms with van der Waals surface area (Å²) >= 11 is 0. The lowest BCUT2D eigenvalue weighted by Gasteiger charge is -2.46. The number of amides is 1. The van der Waals surface area contributed by atoms with Crippen LogP contribution in [0, 0.1) is 5.92 Å². The van der Waals surface area contributed by atoms with Crippen LogP contribution in [0.3, 0.4) is 0 Å². The average Bonchev–Trinajstić information content (AvgIpc) is 2.72. The Hall–Kier alpha value is -2.30. The summed E-state index contributed by atoms with van der Waals surface area (Å²) in [6.07, 6.45) is 2.34. The molecule has 0 aromatic heterocycles. The van der Waals surface area contributed by atoms with Gasteiger partial charge in [-0.25, -0.2) is 0 Å². The van der Waals surface area contributed by atoms with Gasteiger partial charge in [0.05, 0.1) is 11.0 Å². The number of carbonyl (C=O) groups is 1. The molecule has 1 heterocycles. The molecule has 30 heavy (non-hydrogen) atoms. The summed E-state index contributed by atoms with van der Waals surface area (Å²) < 4.78 is 38.2. The van der Waals surface area contributed by atoms with Crippen molar-refractivity contribution in [2.45, 2.75) is 56.5 Å². The lowest BCUT2D eigenvalue weighted by molar-refractivity contribution is -0.143. The molecule has 2 aromatic rings. The normalized spacial score (nSPS) is 21.2. The fourth-order valence-corrected chi connectivity index (χ4v) is 4.93. The van der Waals surface area contributed by atoms with Gasteiger partial charge in [-0.05, 0) is 67.7 Å². The third kappa shape index (κ3) is 4.26. The number of hydrogen-bond donors (Lipinski definition) is 0. The van der Waals surface area contributed by atoms with Crippen molar-refractivity contribution < 1.29 is 18.0 Å². The summed E-state index contributed by atoms with van der Waals surface area (Å²) in [6.45, 7) is 1.57. The maximum Gasteiger partial charge on any atom is 0.416 e. The molecule has 2 aromatic carbocycles. The summed E-state index contributed by atoms with van der Waals surface area (Å²) in [6, 6.07) is 15.6. The summed E-state index contributed by atoms with van der Waals surface area (Å²) in [5.74, 6) is 0.664. The van der Waals surface area contributed by atoms with Crippen LogP contribution >= 0.6 is 0 Å². The van der Waals surface area contributed by atoms with Crippen molar-refractivity contribution in [1.82, 2.24) is 4.90 Å². The minimum atomic E-state index is -4.29. The predicted octanol–water partition coefficient (Wildman–Crippen LogP) is 6.00. The average molecular weight is 415 g/mol. The zero-order valence-corrected chi connectivity index (χ0v) is 17.1. The molecule has 1 saturated carbocycles. The number of alkyl halides is 3. The van der Waals surface area contributed by atoms with E-state index < -0.39 is 11.7 Å². The molecule has 1 amide bonds. The van der Waals surface area contributed by atoms with Crippen LogP contribution in [0.2, 0.25) is 0 Å². The molecule has 0 radical (unpaired) electrons. The molecular formula is C25H28F3NO. The SMILES string of the molecule is O=C(N1CCCC(CCc2ccc(C(F)(F)F)cc2)C1)C1(c2ccccc2)CCC1. The van der Waals surface area contributed by atoms with Crippen LogP contribution < -0.4 is 0 Å². The Morgan fingerprint density at radius 2 is 1.70 bits per heavy atom. The first kappa shape index (κ1) is 21.0. The number of carbonyl (C=O) groups excluding carboxylic acids is 1. The molecule has 160 valence electrons. The van der Waals surface area contributed by atoms with Crippen molar-refractivity contribution >= 4 is 5.91 Å². The second kappa shape index (κ2) is 8.44. The number of aryl methyl sites for hydroxylation is 1. The first-order chi connectivity index (χ1) is 14.4. The maximum atomic E-state index is 13.5. The number of rotatable bonds is 5. The highest BCUT2D eigenvalue weighted by Crippen LogP contribution is 2.45. The van der Waals surface area contributed by atoms with Crippen molar-refractivity contribution in [2.75, 3.05) is 13.1 Å². The van der Waals surface area contributed by atoms with Crippen LogP contribution in [-0.2, 0) is 22.8 Å². The van der Waals surface area contributed by atoms with Crippen molar-refractivity contribution in [3.05, 3.63) is 71.3 Å². The number of benzene rings is 2. The molecule has 1 aliphatic heterocycles. The minimum absolute atomic E-state index is 0.263. The van der Waals surface area contributed by atoms with Crippen molar-refractivity contribution in [1.29, 1.82) is 0 Å². The van der Waals surface area contributed by atoms with Crippen molar-refractivity contribution in [3.8, 4) is 0 Å². The third-order valence-electron chi connectivity index (χ3n) is 6.87. The molecule has 5 heteroatoms. The highest BCUT2D eigenvalue weighted by atomic mass is 19.4. The summed E-state index contributed by atoms with van der Waals surface area (Å²) in [5, 5.41) is 0. The summed E-state index contributed by atoms with van der Waals surface area (Å²) in [4.78, 5) is 15.5. The number of halogens is 3. The van der Waals surface area contributed by atoms with Gasteiger partial charge in [-0.2, -0.15) is 13.2 Å². The molecule has 2 nitrogen and oxygen atoms in total. The van der Waals surface area contributed by atoms with Crippen LogP contribution in [0.4, 0.5) is 13.2 Å². The van der Waals surface area contributed by atoms with E-state index >= 15 is 0 Å². The van der Waals surface area contributed by atoms with Gasteiger partial charge >= 0.3 is 6.18 Å². The van der Waals surface area contributed by atoms with Crippen molar-refractivity contribution in [2.24, 2.45) is 5.92 Å². The van der Waals surface area contributed by atoms with Crippen LogP contribution in [0.25, 0.3) is 0 Å². The number of piperidine rings is 1. The van der Waals surface area contributed by atoms with Gasteiger partial charge in [0.2, 0.25) is 5.91 Å². The Kier molecular flexibility index (Phi) is 5.90. The Balaban J connectivity index is 1.37. The second-order valence-corrected chi connectivity index (χ2v) is 8.79. The van der Waals surface area contributed by atoms with Gasteiger partial charge < -0.3 is 4.90 Å². The second-order valence-electron chi connectivity index (χ2n) is 8.79. The lowest BCUT2D eigenvalue weighted by atomic mass is 9.63. The van der Waals surface area contributed by atoms with Gasteiger partial charge in [0, 0.05) is 13.1 Å². The van der Waals surface area contributed by atoms with E-state index in [1.807, 2.05) is 23.1 Å². The van der Waals surface area contributed by atoms with E-state index in [1.54, 1.807) is 12.1 Å². The zero-order valence-electron chi connectivity index (χ0n) is 17.1. The molecule has 1 atom stereocenters. The molecule has 0 N–H and O–H groups in total. The molecule has 0 bridgehead atoms. The van der Waals surface area contributed by atoms with Gasteiger partial charge in [0.25, 0.3) is 0 Å². The first-order valence-corrected chi connectivity index (χ1v) is 10.9. The first-order valence-electron chi connectivity index (χ1n) is 10.9. The summed E-state index contributed by atoms with van der Waals surface area (Å²) in [5.41, 5.74) is 1.10. The zero-order chi connectivity index (χ0) is 21.2. The number of likely N-dealkylation sites (tertiary alicyclic amines) is 1. The Morgan fingerprint density at radius 3 is 2.30 bits per heavy atom. The molecule has 2 aliphatic rings. The van der Waals surface area contributed by atoms with Crippen LogP contribution in [0.5, 0.6) is 0 Å². The molecule has 4 rings (SSSR count). The van der Waals surface area contributed by atoms with Crippen LogP contribution in [0.15, 0.2) is 54.6 Å². The predicted molar refractivity (Wildman–Crippen MR) is 111 cm³/mol. The number of hydrogen-bond acceptors (Lipinski definition) is 1. The lowest BCUT2D eigenvalue weighted by Crippen LogP contribution is -2.53. The molecule has 0 spiro atoms. The van der Waals surface area contributed by atoms with Gasteiger partial charge in [-0.1, -0.05) is 48.9 Å². The Labute approximate surface area is 176 Å². The van der Waals surface area contributed by atoms with E-state index in [1.165, 1.54) is 0 Å².